The minimum Gasteiger partial charge on any atom is -0.497 e. The molecule has 0 saturated carbocycles. The first-order chi connectivity index (χ1) is 12.8. The van der Waals surface area contributed by atoms with Gasteiger partial charge in [-0.05, 0) is 44.0 Å². The van der Waals surface area contributed by atoms with Crippen molar-refractivity contribution in [3.8, 4) is 5.75 Å². The number of nitrogens with zero attached hydrogens (tertiary/aromatic N) is 2. The van der Waals surface area contributed by atoms with Crippen LogP contribution in [0.25, 0.3) is 0 Å². The Balaban J connectivity index is 1.87. The number of thioether (sulfide) groups is 1. The highest BCUT2D eigenvalue weighted by Crippen LogP contribution is 2.26. The number of piperidine rings is 1. The van der Waals surface area contributed by atoms with Crippen LogP contribution in [0.1, 0.15) is 19.8 Å². The fourth-order valence-corrected chi connectivity index (χ4v) is 3.99. The Morgan fingerprint density at radius 2 is 2.00 bits per heavy atom. The minimum absolute atomic E-state index is 0.0430. The number of methoxy groups -OCH3 is 1. The van der Waals surface area contributed by atoms with Crippen molar-refractivity contribution in [1.29, 1.82) is 0 Å². The van der Waals surface area contributed by atoms with E-state index in [-0.39, 0.29) is 30.2 Å². The molecule has 0 spiro atoms. The summed E-state index contributed by atoms with van der Waals surface area (Å²) in [5.41, 5.74) is 0. The molecule has 2 rings (SSSR count). The summed E-state index contributed by atoms with van der Waals surface area (Å²) in [6, 6.07) is 7.44. The quantitative estimate of drug-likeness (QED) is 0.712. The molecule has 7 nitrogen and oxygen atoms in total. The van der Waals surface area contributed by atoms with E-state index in [9.17, 15) is 14.4 Å². The fourth-order valence-electron chi connectivity index (χ4n) is 3.01. The first-order valence-corrected chi connectivity index (χ1v) is 9.76. The maximum atomic E-state index is 12.6. The molecule has 0 bridgehead atoms. The van der Waals surface area contributed by atoms with Crippen LogP contribution in [0.5, 0.6) is 5.75 Å². The van der Waals surface area contributed by atoms with Crippen molar-refractivity contribution >= 4 is 29.5 Å². The molecule has 2 amide bonds. The maximum Gasteiger partial charge on any atom is 0.308 e. The second-order valence-corrected chi connectivity index (χ2v) is 8.06. The molecule has 148 valence electrons. The number of carbonyl (C=O) groups excluding carboxylic acids is 2. The van der Waals surface area contributed by atoms with Crippen LogP contribution >= 0.6 is 11.8 Å². The number of benzene rings is 1. The molecule has 1 aromatic rings. The predicted octanol–water partition coefficient (Wildman–Crippen LogP) is 1.96. The number of likely N-dealkylation sites (tertiary alicyclic amines) is 1. The molecule has 0 radical (unpaired) electrons. The second kappa shape index (κ2) is 9.64. The standard InChI is InChI=1S/C19H26N2O5S/c1-13(27-16-8-6-15(26-3)7-9-16)18(23)20(2)12-17(22)21-10-4-5-14(11-21)19(24)25/h6-9,13-14H,4-5,10-12H2,1-3H3,(H,24,25). The molecule has 8 heteroatoms. The van der Waals surface area contributed by atoms with Gasteiger partial charge in [-0.1, -0.05) is 0 Å². The highest BCUT2D eigenvalue weighted by molar-refractivity contribution is 8.00. The number of rotatable bonds is 7. The van der Waals surface area contributed by atoms with Gasteiger partial charge in [-0.15, -0.1) is 11.8 Å². The molecule has 1 fully saturated rings. The Hall–Kier alpha value is -2.22. The van der Waals surface area contributed by atoms with Crippen molar-refractivity contribution in [2.45, 2.75) is 29.9 Å². The maximum absolute atomic E-state index is 12.6. The van der Waals surface area contributed by atoms with Crippen molar-refractivity contribution in [2.24, 2.45) is 5.92 Å². The van der Waals surface area contributed by atoms with Gasteiger partial charge in [0.25, 0.3) is 0 Å². The van der Waals surface area contributed by atoms with Gasteiger partial charge in [0.1, 0.15) is 5.75 Å². The smallest absolute Gasteiger partial charge is 0.308 e. The van der Waals surface area contributed by atoms with Crippen LogP contribution in [0.2, 0.25) is 0 Å². The SMILES string of the molecule is COc1ccc(SC(C)C(=O)N(C)CC(=O)N2CCCC(C(=O)O)C2)cc1. The molecule has 1 aromatic carbocycles. The van der Waals surface area contributed by atoms with Gasteiger partial charge in [-0.3, -0.25) is 14.4 Å². The van der Waals surface area contributed by atoms with Crippen LogP contribution in [0, 0.1) is 5.92 Å². The summed E-state index contributed by atoms with van der Waals surface area (Å²) in [7, 11) is 3.20. The van der Waals surface area contributed by atoms with Crippen molar-refractivity contribution < 1.29 is 24.2 Å². The van der Waals surface area contributed by atoms with E-state index in [2.05, 4.69) is 0 Å². The monoisotopic (exact) mass is 394 g/mol. The molecule has 27 heavy (non-hydrogen) atoms. The Bertz CT molecular complexity index is 679. The molecule has 1 aliphatic rings. The zero-order chi connectivity index (χ0) is 20.0. The number of carbonyl (C=O) groups is 3. The third kappa shape index (κ3) is 5.89. The third-order valence-electron chi connectivity index (χ3n) is 4.59. The van der Waals surface area contributed by atoms with Gasteiger partial charge < -0.3 is 19.6 Å². The average molecular weight is 394 g/mol. The van der Waals surface area contributed by atoms with Gasteiger partial charge in [0.2, 0.25) is 11.8 Å². The van der Waals surface area contributed by atoms with Crippen molar-refractivity contribution in [3.05, 3.63) is 24.3 Å². The summed E-state index contributed by atoms with van der Waals surface area (Å²) in [5.74, 6) is -0.994. The van der Waals surface area contributed by atoms with Crippen LogP contribution < -0.4 is 4.74 Å². The summed E-state index contributed by atoms with van der Waals surface area (Å²) < 4.78 is 5.12. The zero-order valence-corrected chi connectivity index (χ0v) is 16.7. The van der Waals surface area contributed by atoms with Gasteiger partial charge in [-0.2, -0.15) is 0 Å². The van der Waals surface area contributed by atoms with E-state index in [1.165, 1.54) is 16.7 Å². The van der Waals surface area contributed by atoms with Gasteiger partial charge >= 0.3 is 5.97 Å². The number of amides is 2. The molecular formula is C19H26N2O5S. The average Bonchev–Trinajstić information content (AvgIpc) is 2.67. The van der Waals surface area contributed by atoms with E-state index in [0.29, 0.717) is 19.4 Å². The van der Waals surface area contributed by atoms with Crippen molar-refractivity contribution in [3.63, 3.8) is 0 Å². The van der Waals surface area contributed by atoms with E-state index in [0.717, 1.165) is 10.6 Å². The molecule has 1 heterocycles. The minimum atomic E-state index is -0.874. The molecule has 2 unspecified atom stereocenters. The lowest BCUT2D eigenvalue weighted by Gasteiger charge is -2.32. The number of carboxylic acid groups (broad SMARTS) is 1. The van der Waals surface area contributed by atoms with E-state index < -0.39 is 11.9 Å². The second-order valence-electron chi connectivity index (χ2n) is 6.65. The van der Waals surface area contributed by atoms with Crippen LogP contribution in [0.15, 0.2) is 29.2 Å². The largest absolute Gasteiger partial charge is 0.497 e. The predicted molar refractivity (Wildman–Crippen MR) is 103 cm³/mol. The van der Waals surface area contributed by atoms with Crippen LogP contribution in [0.4, 0.5) is 0 Å². The van der Waals surface area contributed by atoms with Crippen LogP contribution in [0.3, 0.4) is 0 Å². The summed E-state index contributed by atoms with van der Waals surface area (Å²) >= 11 is 1.42. The Labute approximate surface area is 163 Å². The highest BCUT2D eigenvalue weighted by Gasteiger charge is 2.29. The van der Waals surface area contributed by atoms with E-state index >= 15 is 0 Å². The lowest BCUT2D eigenvalue weighted by molar-refractivity contribution is -0.147. The highest BCUT2D eigenvalue weighted by atomic mass is 32.2. The Kier molecular flexibility index (Phi) is 7.53. The van der Waals surface area contributed by atoms with E-state index in [4.69, 9.17) is 9.84 Å². The van der Waals surface area contributed by atoms with Gasteiger partial charge in [0.15, 0.2) is 0 Å². The van der Waals surface area contributed by atoms with E-state index in [1.54, 1.807) is 26.0 Å². The summed E-state index contributed by atoms with van der Waals surface area (Å²) in [4.78, 5) is 40.1. The summed E-state index contributed by atoms with van der Waals surface area (Å²) in [5, 5.41) is 8.80. The van der Waals surface area contributed by atoms with Crippen LogP contribution in [-0.4, -0.2) is 71.7 Å². The zero-order valence-electron chi connectivity index (χ0n) is 15.9. The number of hydrogen-bond donors (Lipinski definition) is 1. The molecule has 0 aromatic heterocycles. The first-order valence-electron chi connectivity index (χ1n) is 8.88. The molecular weight excluding hydrogens is 368 g/mol. The Morgan fingerprint density at radius 3 is 2.59 bits per heavy atom. The molecule has 1 saturated heterocycles. The third-order valence-corrected chi connectivity index (χ3v) is 5.69. The number of ether oxygens (including phenoxy) is 1. The summed E-state index contributed by atoms with van der Waals surface area (Å²) in [6.07, 6.45) is 1.26. The number of hydrogen-bond acceptors (Lipinski definition) is 5. The lowest BCUT2D eigenvalue weighted by Crippen LogP contribution is -2.47. The van der Waals surface area contributed by atoms with Crippen molar-refractivity contribution in [1.82, 2.24) is 9.80 Å². The molecule has 0 aliphatic carbocycles. The van der Waals surface area contributed by atoms with E-state index in [1.807, 2.05) is 24.3 Å². The Morgan fingerprint density at radius 1 is 1.33 bits per heavy atom. The fraction of sp³-hybridized carbons (Fsp3) is 0.526. The van der Waals surface area contributed by atoms with Gasteiger partial charge in [0, 0.05) is 25.0 Å². The topological polar surface area (TPSA) is 87.2 Å². The normalized spacial score (nSPS) is 17.9. The van der Waals surface area contributed by atoms with Crippen molar-refractivity contribution in [2.75, 3.05) is 33.8 Å². The first kappa shape index (κ1) is 21.1. The number of carboxylic acids is 1. The summed E-state index contributed by atoms with van der Waals surface area (Å²) in [6.45, 7) is 2.52. The lowest BCUT2D eigenvalue weighted by atomic mass is 9.98. The van der Waals surface area contributed by atoms with Crippen LogP contribution in [-0.2, 0) is 14.4 Å². The molecule has 1 N–H and O–H groups in total. The number of aliphatic carboxylic acids is 1. The van der Waals surface area contributed by atoms with Gasteiger partial charge in [-0.25, -0.2) is 0 Å². The van der Waals surface area contributed by atoms with Gasteiger partial charge in [0.05, 0.1) is 24.8 Å². The molecule has 2 atom stereocenters. The molecule has 1 aliphatic heterocycles. The number of likely N-dealkylation sites (N-methyl/N-ethyl adjacent to an activating group) is 1.